The van der Waals surface area contributed by atoms with Crippen molar-refractivity contribution in [3.63, 3.8) is 0 Å². The molecule has 0 spiro atoms. The van der Waals surface area contributed by atoms with E-state index in [0.717, 1.165) is 18.0 Å². The fourth-order valence-corrected chi connectivity index (χ4v) is 2.49. The molecule has 5 nitrogen and oxygen atoms in total. The third kappa shape index (κ3) is 4.38. The lowest BCUT2D eigenvalue weighted by Gasteiger charge is -2.16. The summed E-state index contributed by atoms with van der Waals surface area (Å²) in [5.41, 5.74) is 0.640. The van der Waals surface area contributed by atoms with Gasteiger partial charge in [0.25, 0.3) is 0 Å². The Labute approximate surface area is 118 Å². The van der Waals surface area contributed by atoms with E-state index in [0.29, 0.717) is 11.6 Å². The molecule has 19 heavy (non-hydrogen) atoms. The fourth-order valence-electron chi connectivity index (χ4n) is 1.77. The van der Waals surface area contributed by atoms with Gasteiger partial charge in [-0.25, -0.2) is 14.8 Å². The fraction of sp³-hybridized carbons (Fsp3) is 0.615. The van der Waals surface area contributed by atoms with Gasteiger partial charge in [-0.1, -0.05) is 6.92 Å². The van der Waals surface area contributed by atoms with Crippen LogP contribution in [-0.2, 0) is 0 Å². The second-order valence-electron chi connectivity index (χ2n) is 4.76. The lowest BCUT2D eigenvalue weighted by molar-refractivity contribution is 0.249. The van der Waals surface area contributed by atoms with Crippen LogP contribution in [0, 0.1) is 0 Å². The minimum atomic E-state index is -0.191. The SMILES string of the molecule is CCC(CSC)NC(=O)Nc1cnc(C2CC2)nc1. The van der Waals surface area contributed by atoms with E-state index in [1.54, 1.807) is 24.2 Å². The maximum Gasteiger partial charge on any atom is 0.319 e. The second-order valence-corrected chi connectivity index (χ2v) is 5.67. The summed E-state index contributed by atoms with van der Waals surface area (Å²) >= 11 is 1.73. The van der Waals surface area contributed by atoms with Gasteiger partial charge in [0, 0.05) is 17.7 Å². The Balaban J connectivity index is 1.83. The van der Waals surface area contributed by atoms with Crippen LogP contribution >= 0.6 is 11.8 Å². The monoisotopic (exact) mass is 280 g/mol. The molecule has 0 aromatic carbocycles. The van der Waals surface area contributed by atoms with Gasteiger partial charge in [0.1, 0.15) is 5.82 Å². The van der Waals surface area contributed by atoms with Gasteiger partial charge in [0.15, 0.2) is 0 Å². The first-order valence-electron chi connectivity index (χ1n) is 6.61. The largest absolute Gasteiger partial charge is 0.334 e. The predicted octanol–water partition coefficient (Wildman–Crippen LogP) is 2.62. The van der Waals surface area contributed by atoms with E-state index >= 15 is 0 Å². The average Bonchev–Trinajstić information content (AvgIpc) is 3.23. The van der Waals surface area contributed by atoms with Gasteiger partial charge in [0.2, 0.25) is 0 Å². The van der Waals surface area contributed by atoms with E-state index in [-0.39, 0.29) is 12.1 Å². The third-order valence-electron chi connectivity index (χ3n) is 3.07. The molecule has 2 amide bonds. The quantitative estimate of drug-likeness (QED) is 0.840. The summed E-state index contributed by atoms with van der Waals surface area (Å²) in [5, 5.41) is 5.71. The Morgan fingerprint density at radius 1 is 1.47 bits per heavy atom. The maximum absolute atomic E-state index is 11.8. The van der Waals surface area contributed by atoms with Crippen molar-refractivity contribution in [2.24, 2.45) is 0 Å². The van der Waals surface area contributed by atoms with E-state index < -0.39 is 0 Å². The number of carbonyl (C=O) groups is 1. The zero-order chi connectivity index (χ0) is 13.7. The molecule has 1 aromatic rings. The smallest absolute Gasteiger partial charge is 0.319 e. The molecule has 1 saturated carbocycles. The molecule has 104 valence electrons. The van der Waals surface area contributed by atoms with Gasteiger partial charge in [-0.05, 0) is 25.5 Å². The van der Waals surface area contributed by atoms with Crippen LogP contribution in [0.15, 0.2) is 12.4 Å². The Bertz CT molecular complexity index is 419. The van der Waals surface area contributed by atoms with Crippen molar-refractivity contribution >= 4 is 23.5 Å². The summed E-state index contributed by atoms with van der Waals surface area (Å²) < 4.78 is 0. The lowest BCUT2D eigenvalue weighted by Crippen LogP contribution is -2.39. The number of aromatic nitrogens is 2. The van der Waals surface area contributed by atoms with Crippen LogP contribution in [-0.4, -0.2) is 34.0 Å². The molecular weight excluding hydrogens is 260 g/mol. The van der Waals surface area contributed by atoms with Crippen molar-refractivity contribution in [1.29, 1.82) is 0 Å². The van der Waals surface area contributed by atoms with Crippen LogP contribution in [0.3, 0.4) is 0 Å². The van der Waals surface area contributed by atoms with Gasteiger partial charge >= 0.3 is 6.03 Å². The number of hydrogen-bond donors (Lipinski definition) is 2. The Morgan fingerprint density at radius 2 is 2.16 bits per heavy atom. The average molecular weight is 280 g/mol. The molecule has 1 aliphatic carbocycles. The number of anilines is 1. The van der Waals surface area contributed by atoms with Gasteiger partial charge in [-0.2, -0.15) is 11.8 Å². The topological polar surface area (TPSA) is 66.9 Å². The summed E-state index contributed by atoms with van der Waals surface area (Å²) in [7, 11) is 0. The minimum Gasteiger partial charge on any atom is -0.334 e. The Kier molecular flexibility index (Phi) is 5.01. The van der Waals surface area contributed by atoms with E-state index in [1.165, 1.54) is 12.8 Å². The van der Waals surface area contributed by atoms with Crippen LogP contribution in [0.1, 0.15) is 37.9 Å². The van der Waals surface area contributed by atoms with Crippen LogP contribution in [0.4, 0.5) is 10.5 Å². The molecule has 1 aliphatic rings. The van der Waals surface area contributed by atoms with Gasteiger partial charge < -0.3 is 10.6 Å². The van der Waals surface area contributed by atoms with Gasteiger partial charge in [-0.15, -0.1) is 0 Å². The molecule has 0 radical (unpaired) electrons. The van der Waals surface area contributed by atoms with Crippen LogP contribution in [0.2, 0.25) is 0 Å². The highest BCUT2D eigenvalue weighted by Gasteiger charge is 2.26. The van der Waals surface area contributed by atoms with Crippen molar-refractivity contribution in [2.45, 2.75) is 38.1 Å². The van der Waals surface area contributed by atoms with Crippen LogP contribution in [0.5, 0.6) is 0 Å². The van der Waals surface area contributed by atoms with Crippen molar-refractivity contribution < 1.29 is 4.79 Å². The number of urea groups is 1. The molecule has 0 aliphatic heterocycles. The normalized spacial score (nSPS) is 15.9. The molecule has 2 rings (SSSR count). The molecule has 1 heterocycles. The van der Waals surface area contributed by atoms with Gasteiger partial charge in [0.05, 0.1) is 18.1 Å². The van der Waals surface area contributed by atoms with Crippen LogP contribution < -0.4 is 10.6 Å². The highest BCUT2D eigenvalue weighted by Crippen LogP contribution is 2.37. The number of nitrogens with one attached hydrogen (secondary N) is 2. The maximum atomic E-state index is 11.8. The molecule has 2 N–H and O–H groups in total. The molecule has 6 heteroatoms. The van der Waals surface area contributed by atoms with E-state index in [4.69, 9.17) is 0 Å². The van der Waals surface area contributed by atoms with Crippen molar-refractivity contribution in [2.75, 3.05) is 17.3 Å². The van der Waals surface area contributed by atoms with Crippen molar-refractivity contribution in [1.82, 2.24) is 15.3 Å². The first-order valence-corrected chi connectivity index (χ1v) is 8.00. The summed E-state index contributed by atoms with van der Waals surface area (Å²) in [4.78, 5) is 20.3. The Morgan fingerprint density at radius 3 is 2.68 bits per heavy atom. The molecular formula is C13H20N4OS. The number of carbonyl (C=O) groups excluding carboxylic acids is 1. The zero-order valence-electron chi connectivity index (χ0n) is 11.3. The highest BCUT2D eigenvalue weighted by molar-refractivity contribution is 7.98. The first kappa shape index (κ1) is 14.1. The summed E-state index contributed by atoms with van der Waals surface area (Å²) in [6.07, 6.45) is 8.67. The molecule has 1 aromatic heterocycles. The highest BCUT2D eigenvalue weighted by atomic mass is 32.2. The number of rotatable bonds is 6. The molecule has 1 unspecified atom stereocenters. The minimum absolute atomic E-state index is 0.191. The molecule has 0 saturated heterocycles. The van der Waals surface area contributed by atoms with E-state index in [1.807, 2.05) is 6.26 Å². The lowest BCUT2D eigenvalue weighted by atomic mass is 10.3. The third-order valence-corrected chi connectivity index (χ3v) is 3.80. The van der Waals surface area contributed by atoms with Crippen molar-refractivity contribution in [3.05, 3.63) is 18.2 Å². The number of amides is 2. The first-order chi connectivity index (χ1) is 9.22. The predicted molar refractivity (Wildman–Crippen MR) is 78.6 cm³/mol. The summed E-state index contributed by atoms with van der Waals surface area (Å²) in [5.74, 6) is 2.34. The summed E-state index contributed by atoms with van der Waals surface area (Å²) in [6.45, 7) is 2.06. The number of hydrogen-bond acceptors (Lipinski definition) is 4. The van der Waals surface area contributed by atoms with E-state index in [9.17, 15) is 4.79 Å². The summed E-state index contributed by atoms with van der Waals surface area (Å²) in [6, 6.07) is 0.00493. The number of thioether (sulfide) groups is 1. The van der Waals surface area contributed by atoms with Crippen molar-refractivity contribution in [3.8, 4) is 0 Å². The number of nitrogens with zero attached hydrogens (tertiary/aromatic N) is 2. The van der Waals surface area contributed by atoms with E-state index in [2.05, 4.69) is 27.5 Å². The molecule has 1 atom stereocenters. The second kappa shape index (κ2) is 6.75. The van der Waals surface area contributed by atoms with Gasteiger partial charge in [-0.3, -0.25) is 0 Å². The molecule has 1 fully saturated rings. The zero-order valence-corrected chi connectivity index (χ0v) is 12.2. The molecule has 0 bridgehead atoms. The standard InChI is InChI=1S/C13H20N4OS/c1-3-10(8-19-2)16-13(18)17-11-6-14-12(15-7-11)9-4-5-9/h6-7,9-10H,3-5,8H2,1-2H3,(H2,16,17,18). The van der Waals surface area contributed by atoms with Crippen LogP contribution in [0.25, 0.3) is 0 Å². The Hall–Kier alpha value is -1.30.